The fraction of sp³-hybridized carbons (Fsp3) is 0.455. The van der Waals surface area contributed by atoms with Crippen molar-refractivity contribution in [2.45, 2.75) is 51.6 Å². The van der Waals surface area contributed by atoms with Crippen LogP contribution in [-0.2, 0) is 21.3 Å². The van der Waals surface area contributed by atoms with Crippen molar-refractivity contribution in [1.82, 2.24) is 19.3 Å². The number of hydrogen-bond acceptors (Lipinski definition) is 5. The lowest BCUT2D eigenvalue weighted by Crippen LogP contribution is -2.42. The number of aromatic nitrogens is 3. The molecule has 0 fully saturated rings. The van der Waals surface area contributed by atoms with Crippen LogP contribution in [0.1, 0.15) is 38.6 Å². The lowest BCUT2D eigenvalue weighted by Gasteiger charge is -2.24. The van der Waals surface area contributed by atoms with Crippen LogP contribution in [0.4, 0.5) is 0 Å². The standard InChI is InChI=1S/C22H30N4O3S/c1-5-16(3)21(15-29-6-2)25-30(27,28)19-9-7-18(8-10-19)14-26-17(4)24-20-13-23-12-11-22(20)26/h7-13,16,21,25H,5-6,14-15H2,1-4H3/t16-,21?/m0/s1. The number of benzene rings is 1. The molecule has 7 nitrogen and oxygen atoms in total. The number of imidazole rings is 1. The minimum absolute atomic E-state index is 0.178. The van der Waals surface area contributed by atoms with E-state index in [0.717, 1.165) is 28.8 Å². The van der Waals surface area contributed by atoms with Gasteiger partial charge in [-0.1, -0.05) is 32.4 Å². The maximum atomic E-state index is 12.9. The minimum Gasteiger partial charge on any atom is -0.380 e. The van der Waals surface area contributed by atoms with Crippen LogP contribution in [0.15, 0.2) is 47.6 Å². The molecule has 0 spiro atoms. The van der Waals surface area contributed by atoms with E-state index >= 15 is 0 Å². The summed E-state index contributed by atoms with van der Waals surface area (Å²) in [6.45, 7) is 9.47. The molecule has 0 aliphatic carbocycles. The number of sulfonamides is 1. The van der Waals surface area contributed by atoms with E-state index in [1.807, 2.05) is 45.9 Å². The Hall–Kier alpha value is -2.29. The van der Waals surface area contributed by atoms with Gasteiger partial charge in [-0.25, -0.2) is 18.1 Å². The zero-order chi connectivity index (χ0) is 21.7. The molecule has 0 radical (unpaired) electrons. The number of fused-ring (bicyclic) bond motifs is 1. The summed E-state index contributed by atoms with van der Waals surface area (Å²) >= 11 is 0. The summed E-state index contributed by atoms with van der Waals surface area (Å²) in [7, 11) is -3.62. The highest BCUT2D eigenvalue weighted by atomic mass is 32.2. The van der Waals surface area contributed by atoms with Crippen LogP contribution >= 0.6 is 0 Å². The number of rotatable bonds is 10. The zero-order valence-electron chi connectivity index (χ0n) is 18.0. The van der Waals surface area contributed by atoms with Crippen LogP contribution in [0.2, 0.25) is 0 Å². The quantitative estimate of drug-likeness (QED) is 0.532. The van der Waals surface area contributed by atoms with Crippen molar-refractivity contribution in [3.63, 3.8) is 0 Å². The average molecular weight is 431 g/mol. The van der Waals surface area contributed by atoms with Gasteiger partial charge >= 0.3 is 0 Å². The predicted molar refractivity (Wildman–Crippen MR) is 118 cm³/mol. The monoisotopic (exact) mass is 430 g/mol. The van der Waals surface area contributed by atoms with Crippen molar-refractivity contribution in [2.75, 3.05) is 13.2 Å². The normalized spacial score (nSPS) is 14.1. The summed E-state index contributed by atoms with van der Waals surface area (Å²) in [4.78, 5) is 8.90. The second-order valence-electron chi connectivity index (χ2n) is 7.53. The number of ether oxygens (including phenoxy) is 1. The topological polar surface area (TPSA) is 86.1 Å². The van der Waals surface area contributed by atoms with E-state index < -0.39 is 10.0 Å². The Labute approximate surface area is 178 Å². The van der Waals surface area contributed by atoms with Gasteiger partial charge in [0.2, 0.25) is 10.0 Å². The van der Waals surface area contributed by atoms with Gasteiger partial charge in [0.15, 0.2) is 0 Å². The van der Waals surface area contributed by atoms with E-state index in [4.69, 9.17) is 4.74 Å². The Bertz CT molecular complexity index is 1080. The van der Waals surface area contributed by atoms with Gasteiger partial charge in [-0.2, -0.15) is 0 Å². The summed E-state index contributed by atoms with van der Waals surface area (Å²) in [5, 5.41) is 0. The first kappa shape index (κ1) is 22.4. The summed E-state index contributed by atoms with van der Waals surface area (Å²) in [5.41, 5.74) is 2.86. The number of aryl methyl sites for hydroxylation is 1. The molecule has 0 saturated heterocycles. The third-order valence-corrected chi connectivity index (χ3v) is 6.96. The van der Waals surface area contributed by atoms with Crippen molar-refractivity contribution in [3.8, 4) is 0 Å². The van der Waals surface area contributed by atoms with Crippen LogP contribution in [-0.4, -0.2) is 42.2 Å². The van der Waals surface area contributed by atoms with E-state index in [2.05, 4.69) is 19.3 Å². The lowest BCUT2D eigenvalue weighted by molar-refractivity contribution is 0.112. The molecule has 2 atom stereocenters. The molecule has 8 heteroatoms. The first-order valence-corrected chi connectivity index (χ1v) is 11.8. The van der Waals surface area contributed by atoms with Gasteiger partial charge in [0.05, 0.1) is 23.2 Å². The Morgan fingerprint density at radius 3 is 2.57 bits per heavy atom. The Kier molecular flexibility index (Phi) is 7.23. The minimum atomic E-state index is -3.62. The van der Waals surface area contributed by atoms with E-state index in [0.29, 0.717) is 19.8 Å². The molecule has 3 rings (SSSR count). The Morgan fingerprint density at radius 2 is 1.90 bits per heavy atom. The molecule has 0 saturated carbocycles. The molecular weight excluding hydrogens is 400 g/mol. The van der Waals surface area contributed by atoms with Gasteiger partial charge in [-0.05, 0) is 43.5 Å². The van der Waals surface area contributed by atoms with E-state index in [-0.39, 0.29) is 16.9 Å². The Balaban J connectivity index is 1.77. The molecule has 2 aromatic heterocycles. The number of hydrogen-bond donors (Lipinski definition) is 1. The molecule has 0 bridgehead atoms. The summed E-state index contributed by atoms with van der Waals surface area (Å²) in [6.07, 6.45) is 4.36. The van der Waals surface area contributed by atoms with Gasteiger partial charge in [0.25, 0.3) is 0 Å². The average Bonchev–Trinajstić information content (AvgIpc) is 3.06. The van der Waals surface area contributed by atoms with Crippen LogP contribution in [0.25, 0.3) is 11.0 Å². The van der Waals surface area contributed by atoms with Gasteiger partial charge < -0.3 is 9.30 Å². The number of pyridine rings is 1. The third kappa shape index (κ3) is 5.06. The lowest BCUT2D eigenvalue weighted by atomic mass is 10.0. The zero-order valence-corrected chi connectivity index (χ0v) is 18.8. The maximum absolute atomic E-state index is 12.9. The smallest absolute Gasteiger partial charge is 0.240 e. The van der Waals surface area contributed by atoms with Crippen molar-refractivity contribution >= 4 is 21.1 Å². The van der Waals surface area contributed by atoms with Gasteiger partial charge in [-0.3, -0.25) is 4.98 Å². The van der Waals surface area contributed by atoms with Crippen LogP contribution < -0.4 is 4.72 Å². The third-order valence-electron chi connectivity index (χ3n) is 5.45. The highest BCUT2D eigenvalue weighted by Gasteiger charge is 2.24. The van der Waals surface area contributed by atoms with Gasteiger partial charge in [0.1, 0.15) is 11.3 Å². The second-order valence-corrected chi connectivity index (χ2v) is 9.24. The molecule has 1 aromatic carbocycles. The van der Waals surface area contributed by atoms with Crippen molar-refractivity contribution in [1.29, 1.82) is 0 Å². The molecule has 3 aromatic rings. The molecule has 30 heavy (non-hydrogen) atoms. The highest BCUT2D eigenvalue weighted by Crippen LogP contribution is 2.19. The molecule has 1 N–H and O–H groups in total. The number of nitrogens with one attached hydrogen (secondary N) is 1. The SMILES string of the molecule is CCOCC(NS(=O)(=O)c1ccc(Cn2c(C)nc3cnccc32)cc1)[C@@H](C)CC. The molecule has 0 aliphatic heterocycles. The van der Waals surface area contributed by atoms with E-state index in [1.54, 1.807) is 24.5 Å². The highest BCUT2D eigenvalue weighted by molar-refractivity contribution is 7.89. The van der Waals surface area contributed by atoms with Crippen LogP contribution in [0.5, 0.6) is 0 Å². The summed E-state index contributed by atoms with van der Waals surface area (Å²) < 4.78 is 36.2. The van der Waals surface area contributed by atoms with E-state index in [9.17, 15) is 8.42 Å². The molecule has 0 aliphatic rings. The van der Waals surface area contributed by atoms with Crippen molar-refractivity contribution in [3.05, 3.63) is 54.1 Å². The van der Waals surface area contributed by atoms with Crippen molar-refractivity contribution < 1.29 is 13.2 Å². The van der Waals surface area contributed by atoms with Crippen LogP contribution in [0.3, 0.4) is 0 Å². The molecule has 0 amide bonds. The fourth-order valence-corrected chi connectivity index (χ4v) is 4.70. The second kappa shape index (κ2) is 9.68. The predicted octanol–water partition coefficient (Wildman–Crippen LogP) is 3.52. The first-order chi connectivity index (χ1) is 14.4. The molecule has 1 unspecified atom stereocenters. The van der Waals surface area contributed by atoms with Gasteiger partial charge in [-0.15, -0.1) is 0 Å². The first-order valence-electron chi connectivity index (χ1n) is 10.3. The molecule has 162 valence electrons. The Morgan fingerprint density at radius 1 is 1.17 bits per heavy atom. The molecular formula is C22H30N4O3S. The fourth-order valence-electron chi connectivity index (χ4n) is 3.37. The van der Waals surface area contributed by atoms with Crippen molar-refractivity contribution in [2.24, 2.45) is 5.92 Å². The summed E-state index contributed by atoms with van der Waals surface area (Å²) in [5.74, 6) is 1.07. The van der Waals surface area contributed by atoms with Crippen LogP contribution in [0, 0.1) is 12.8 Å². The maximum Gasteiger partial charge on any atom is 0.240 e. The van der Waals surface area contributed by atoms with Gasteiger partial charge in [0, 0.05) is 25.4 Å². The molecule has 2 heterocycles. The number of nitrogens with zero attached hydrogens (tertiary/aromatic N) is 3. The largest absolute Gasteiger partial charge is 0.380 e. The summed E-state index contributed by atoms with van der Waals surface area (Å²) in [6, 6.07) is 8.69. The van der Waals surface area contributed by atoms with E-state index in [1.165, 1.54) is 0 Å².